The van der Waals surface area contributed by atoms with E-state index in [1.54, 1.807) is 0 Å². The van der Waals surface area contributed by atoms with Crippen molar-refractivity contribution in [2.24, 2.45) is 16.7 Å². The smallest absolute Gasteiger partial charge is 0.322 e. The highest BCUT2D eigenvalue weighted by atomic mass is 35.5. The van der Waals surface area contributed by atoms with Crippen LogP contribution in [0.5, 0.6) is 6.01 Å². The molecular weight excluding hydrogens is 276 g/mol. The molecule has 1 aliphatic rings. The normalized spacial score (nSPS) is 19.7. The Morgan fingerprint density at radius 1 is 1.15 bits per heavy atom. The molecule has 0 amide bonds. The summed E-state index contributed by atoms with van der Waals surface area (Å²) in [5, 5.41) is 3.40. The van der Waals surface area contributed by atoms with E-state index in [2.05, 4.69) is 48.0 Å². The van der Waals surface area contributed by atoms with Gasteiger partial charge in [0.25, 0.3) is 0 Å². The third-order valence-electron chi connectivity index (χ3n) is 4.81. The molecule has 6 heteroatoms. The Kier molecular flexibility index (Phi) is 4.09. The highest BCUT2D eigenvalue weighted by Crippen LogP contribution is 2.68. The molecule has 0 saturated heterocycles. The van der Waals surface area contributed by atoms with Crippen LogP contribution in [0.4, 0.5) is 5.95 Å². The second-order valence-corrected chi connectivity index (χ2v) is 6.77. The number of anilines is 1. The lowest BCUT2D eigenvalue weighted by atomic mass is 10.0. The summed E-state index contributed by atoms with van der Waals surface area (Å²) >= 11 is 5.89. The number of halogens is 1. The van der Waals surface area contributed by atoms with Gasteiger partial charge in [0.15, 0.2) is 0 Å². The summed E-state index contributed by atoms with van der Waals surface area (Å²) < 4.78 is 5.39. The molecule has 112 valence electrons. The van der Waals surface area contributed by atoms with E-state index in [1.807, 2.05) is 6.92 Å². The van der Waals surface area contributed by atoms with Gasteiger partial charge in [-0.25, -0.2) is 0 Å². The molecule has 20 heavy (non-hydrogen) atoms. The van der Waals surface area contributed by atoms with Crippen molar-refractivity contribution in [2.45, 2.75) is 41.0 Å². The van der Waals surface area contributed by atoms with Gasteiger partial charge in [-0.1, -0.05) is 34.6 Å². The summed E-state index contributed by atoms with van der Waals surface area (Å²) in [7, 11) is 0. The van der Waals surface area contributed by atoms with Crippen molar-refractivity contribution in [1.82, 2.24) is 15.0 Å². The SMILES string of the molecule is CCCOc1nc(Cl)nc(NCC2C(C)(C)C2(C)C)n1. The number of aromatic nitrogens is 3. The Balaban J connectivity index is 1.98. The van der Waals surface area contributed by atoms with Crippen molar-refractivity contribution in [3.63, 3.8) is 0 Å². The van der Waals surface area contributed by atoms with Crippen molar-refractivity contribution in [3.05, 3.63) is 5.28 Å². The van der Waals surface area contributed by atoms with E-state index in [9.17, 15) is 0 Å². The van der Waals surface area contributed by atoms with Gasteiger partial charge in [-0.2, -0.15) is 15.0 Å². The van der Waals surface area contributed by atoms with Crippen molar-refractivity contribution < 1.29 is 4.74 Å². The van der Waals surface area contributed by atoms with Crippen LogP contribution in [0.3, 0.4) is 0 Å². The predicted molar refractivity (Wildman–Crippen MR) is 80.2 cm³/mol. The molecule has 0 bridgehead atoms. The molecule has 1 saturated carbocycles. The number of nitrogens with one attached hydrogen (secondary N) is 1. The summed E-state index contributed by atoms with van der Waals surface area (Å²) in [6.07, 6.45) is 0.899. The first-order valence-electron chi connectivity index (χ1n) is 7.07. The Bertz CT molecular complexity index is 476. The third-order valence-corrected chi connectivity index (χ3v) is 4.98. The van der Waals surface area contributed by atoms with Crippen LogP contribution in [0.2, 0.25) is 5.28 Å². The van der Waals surface area contributed by atoms with Gasteiger partial charge in [0, 0.05) is 6.54 Å². The Morgan fingerprint density at radius 3 is 2.35 bits per heavy atom. The number of rotatable bonds is 6. The third kappa shape index (κ3) is 2.82. The van der Waals surface area contributed by atoms with Gasteiger partial charge in [-0.15, -0.1) is 0 Å². The lowest BCUT2D eigenvalue weighted by molar-refractivity contribution is 0.291. The minimum Gasteiger partial charge on any atom is -0.463 e. The standard InChI is InChI=1S/C14H23ClN4O/c1-6-7-20-12-18-10(15)17-11(19-12)16-8-9-13(2,3)14(9,4)5/h9H,6-8H2,1-5H3,(H,16,17,18,19). The fraction of sp³-hybridized carbons (Fsp3) is 0.786. The lowest BCUT2D eigenvalue weighted by Gasteiger charge is -2.08. The van der Waals surface area contributed by atoms with E-state index >= 15 is 0 Å². The first-order chi connectivity index (χ1) is 9.29. The van der Waals surface area contributed by atoms with E-state index in [4.69, 9.17) is 16.3 Å². The molecule has 1 aliphatic carbocycles. The molecule has 1 aromatic heterocycles. The van der Waals surface area contributed by atoms with Gasteiger partial charge in [0.1, 0.15) is 0 Å². The van der Waals surface area contributed by atoms with E-state index < -0.39 is 0 Å². The first kappa shape index (κ1) is 15.3. The fourth-order valence-electron chi connectivity index (χ4n) is 2.71. The van der Waals surface area contributed by atoms with Crippen LogP contribution in [0.25, 0.3) is 0 Å². The van der Waals surface area contributed by atoms with Crippen LogP contribution in [0.1, 0.15) is 41.0 Å². The van der Waals surface area contributed by atoms with Crippen LogP contribution in [-0.2, 0) is 0 Å². The highest BCUT2D eigenvalue weighted by Gasteiger charge is 2.64. The second-order valence-electron chi connectivity index (χ2n) is 6.44. The van der Waals surface area contributed by atoms with E-state index in [1.165, 1.54) is 0 Å². The zero-order valence-corrected chi connectivity index (χ0v) is 13.6. The van der Waals surface area contributed by atoms with E-state index in [0.717, 1.165) is 13.0 Å². The van der Waals surface area contributed by atoms with Crippen molar-refractivity contribution in [2.75, 3.05) is 18.5 Å². The van der Waals surface area contributed by atoms with Crippen LogP contribution < -0.4 is 10.1 Å². The molecule has 0 aliphatic heterocycles. The maximum absolute atomic E-state index is 5.89. The summed E-state index contributed by atoms with van der Waals surface area (Å²) in [6.45, 7) is 12.6. The summed E-state index contributed by atoms with van der Waals surface area (Å²) in [4.78, 5) is 12.3. The number of hydrogen-bond acceptors (Lipinski definition) is 5. The predicted octanol–water partition coefficient (Wildman–Crippen LogP) is 3.41. The minimum atomic E-state index is 0.155. The zero-order chi connectivity index (χ0) is 15.0. The molecule has 1 fully saturated rings. The van der Waals surface area contributed by atoms with Crippen molar-refractivity contribution in [1.29, 1.82) is 0 Å². The van der Waals surface area contributed by atoms with Crippen LogP contribution in [-0.4, -0.2) is 28.1 Å². The molecule has 0 spiro atoms. The van der Waals surface area contributed by atoms with E-state index in [-0.39, 0.29) is 11.3 Å². The maximum atomic E-state index is 5.89. The summed E-state index contributed by atoms with van der Waals surface area (Å²) in [5.41, 5.74) is 0.663. The average molecular weight is 299 g/mol. The molecule has 1 aromatic rings. The monoisotopic (exact) mass is 298 g/mol. The van der Waals surface area contributed by atoms with E-state index in [0.29, 0.717) is 29.3 Å². The topological polar surface area (TPSA) is 59.9 Å². The lowest BCUT2D eigenvalue weighted by Crippen LogP contribution is -2.12. The Labute approximate surface area is 125 Å². The maximum Gasteiger partial charge on any atom is 0.322 e. The fourth-order valence-corrected chi connectivity index (χ4v) is 2.86. The molecule has 0 unspecified atom stereocenters. The quantitative estimate of drug-likeness (QED) is 0.872. The average Bonchev–Trinajstić information content (AvgIpc) is 2.74. The Hall–Kier alpha value is -1.10. The molecule has 0 aromatic carbocycles. The number of nitrogens with zero attached hydrogens (tertiary/aromatic N) is 3. The summed E-state index contributed by atoms with van der Waals surface area (Å²) in [6, 6.07) is 0.281. The molecule has 5 nitrogen and oxygen atoms in total. The van der Waals surface area contributed by atoms with Gasteiger partial charge in [0.05, 0.1) is 6.61 Å². The number of ether oxygens (including phenoxy) is 1. The largest absolute Gasteiger partial charge is 0.463 e. The van der Waals surface area contributed by atoms with Crippen molar-refractivity contribution >= 4 is 17.5 Å². The molecule has 1 N–H and O–H groups in total. The van der Waals surface area contributed by atoms with Gasteiger partial charge in [0.2, 0.25) is 11.2 Å². The minimum absolute atomic E-state index is 0.155. The van der Waals surface area contributed by atoms with Crippen LogP contribution >= 0.6 is 11.6 Å². The molecule has 0 atom stereocenters. The van der Waals surface area contributed by atoms with Gasteiger partial charge in [-0.3, -0.25) is 0 Å². The van der Waals surface area contributed by atoms with Gasteiger partial charge >= 0.3 is 6.01 Å². The molecule has 1 heterocycles. The zero-order valence-electron chi connectivity index (χ0n) is 12.8. The summed E-state index contributed by atoms with van der Waals surface area (Å²) in [5.74, 6) is 1.07. The van der Waals surface area contributed by atoms with Crippen LogP contribution in [0.15, 0.2) is 0 Å². The highest BCUT2D eigenvalue weighted by molar-refractivity contribution is 6.28. The first-order valence-corrected chi connectivity index (χ1v) is 7.45. The van der Waals surface area contributed by atoms with Gasteiger partial charge in [-0.05, 0) is 34.8 Å². The molecule has 2 rings (SSSR count). The van der Waals surface area contributed by atoms with Gasteiger partial charge < -0.3 is 10.1 Å². The number of hydrogen-bond donors (Lipinski definition) is 1. The van der Waals surface area contributed by atoms with Crippen LogP contribution in [0, 0.1) is 16.7 Å². The Morgan fingerprint density at radius 2 is 1.80 bits per heavy atom. The molecule has 0 radical (unpaired) electrons. The van der Waals surface area contributed by atoms with Crippen molar-refractivity contribution in [3.8, 4) is 6.01 Å². The molecular formula is C14H23ClN4O. The second kappa shape index (κ2) is 5.35.